The first kappa shape index (κ1) is 15.0. The number of carbonyl (C=O) groups is 2. The molecule has 104 valence electrons. The predicted molar refractivity (Wildman–Crippen MR) is 69.6 cm³/mol. The number of ether oxygens (including phenoxy) is 1. The highest BCUT2D eigenvalue weighted by molar-refractivity contribution is 5.81. The molecule has 1 atom stereocenters. The number of benzene rings is 1. The summed E-state index contributed by atoms with van der Waals surface area (Å²) in [5.41, 5.74) is 6.89. The van der Waals surface area contributed by atoms with Crippen molar-refractivity contribution in [2.75, 3.05) is 13.2 Å². The van der Waals surface area contributed by atoms with Gasteiger partial charge in [0.05, 0.1) is 6.54 Å². The van der Waals surface area contributed by atoms with Crippen molar-refractivity contribution in [1.29, 1.82) is 0 Å². The smallest absolute Gasteiger partial charge is 0.258 e. The molecule has 6 nitrogen and oxygen atoms in total. The molecular formula is C13H18N2O4. The Morgan fingerprint density at radius 1 is 1.42 bits per heavy atom. The predicted octanol–water partition coefficient (Wildman–Crippen LogP) is -0.355. The molecule has 0 saturated carbocycles. The molecular weight excluding hydrogens is 248 g/mol. The third-order valence-corrected chi connectivity index (χ3v) is 2.51. The number of aliphatic hydroxyl groups is 1. The lowest BCUT2D eigenvalue weighted by Crippen LogP contribution is -2.41. The molecule has 0 heterocycles. The lowest BCUT2D eigenvalue weighted by Gasteiger charge is -2.11. The van der Waals surface area contributed by atoms with Gasteiger partial charge in [-0.2, -0.15) is 0 Å². The molecule has 0 aliphatic rings. The van der Waals surface area contributed by atoms with Gasteiger partial charge in [-0.25, -0.2) is 0 Å². The van der Waals surface area contributed by atoms with Gasteiger partial charge in [0.15, 0.2) is 6.61 Å². The van der Waals surface area contributed by atoms with Crippen LogP contribution in [-0.2, 0) is 9.59 Å². The average Bonchev–Trinajstić information content (AvgIpc) is 2.34. The first-order valence-electron chi connectivity index (χ1n) is 5.84. The van der Waals surface area contributed by atoms with Gasteiger partial charge in [0, 0.05) is 0 Å². The van der Waals surface area contributed by atoms with Crippen molar-refractivity contribution in [1.82, 2.24) is 5.32 Å². The van der Waals surface area contributed by atoms with Gasteiger partial charge in [-0.1, -0.05) is 17.7 Å². The number of nitrogens with one attached hydrogen (secondary N) is 1. The SMILES string of the molecule is Cc1ccc(OCC(=O)NCC(O)C(N)=O)c(C)c1. The number of hydrogen-bond donors (Lipinski definition) is 3. The minimum Gasteiger partial charge on any atom is -0.484 e. The Balaban J connectivity index is 2.40. The minimum atomic E-state index is -1.38. The first-order chi connectivity index (χ1) is 8.90. The molecule has 0 spiro atoms. The van der Waals surface area contributed by atoms with Crippen LogP contribution in [0, 0.1) is 13.8 Å². The van der Waals surface area contributed by atoms with Crippen LogP contribution in [0.5, 0.6) is 5.75 Å². The van der Waals surface area contributed by atoms with Crippen molar-refractivity contribution in [3.63, 3.8) is 0 Å². The van der Waals surface area contributed by atoms with Crippen LogP contribution in [0.3, 0.4) is 0 Å². The van der Waals surface area contributed by atoms with E-state index in [0.29, 0.717) is 5.75 Å². The molecule has 1 aromatic rings. The number of aliphatic hydroxyl groups excluding tert-OH is 1. The molecule has 0 aliphatic heterocycles. The number of carbonyl (C=O) groups excluding carboxylic acids is 2. The molecule has 4 N–H and O–H groups in total. The Bertz CT molecular complexity index is 474. The lowest BCUT2D eigenvalue weighted by atomic mass is 10.1. The summed E-state index contributed by atoms with van der Waals surface area (Å²) in [4.78, 5) is 22.0. The van der Waals surface area contributed by atoms with Crippen LogP contribution in [0.15, 0.2) is 18.2 Å². The second-order valence-electron chi connectivity index (χ2n) is 4.28. The third kappa shape index (κ3) is 4.97. The summed E-state index contributed by atoms with van der Waals surface area (Å²) in [5.74, 6) is -0.688. The van der Waals surface area contributed by atoms with E-state index in [4.69, 9.17) is 15.6 Å². The highest BCUT2D eigenvalue weighted by Crippen LogP contribution is 2.18. The number of primary amides is 1. The van der Waals surface area contributed by atoms with Crippen LogP contribution in [-0.4, -0.2) is 36.2 Å². The fourth-order valence-corrected chi connectivity index (χ4v) is 1.47. The van der Waals surface area contributed by atoms with Crippen LogP contribution >= 0.6 is 0 Å². The van der Waals surface area contributed by atoms with Crippen molar-refractivity contribution in [2.45, 2.75) is 20.0 Å². The van der Waals surface area contributed by atoms with E-state index in [1.807, 2.05) is 26.0 Å². The summed E-state index contributed by atoms with van der Waals surface area (Å²) in [5, 5.41) is 11.5. The van der Waals surface area contributed by atoms with E-state index in [2.05, 4.69) is 5.32 Å². The topological polar surface area (TPSA) is 102 Å². The van der Waals surface area contributed by atoms with Gasteiger partial charge in [0.1, 0.15) is 11.9 Å². The Labute approximate surface area is 111 Å². The van der Waals surface area contributed by atoms with Gasteiger partial charge < -0.3 is 20.9 Å². The van der Waals surface area contributed by atoms with Crippen LogP contribution in [0.4, 0.5) is 0 Å². The maximum Gasteiger partial charge on any atom is 0.258 e. The maximum absolute atomic E-state index is 11.4. The molecule has 1 rings (SSSR count). The van der Waals surface area contributed by atoms with Gasteiger partial charge in [-0.15, -0.1) is 0 Å². The fourth-order valence-electron chi connectivity index (χ4n) is 1.47. The standard InChI is InChI=1S/C13H18N2O4/c1-8-3-4-11(9(2)5-8)19-7-12(17)15-6-10(16)13(14)18/h3-5,10,16H,6-7H2,1-2H3,(H2,14,18)(H,15,17). The molecule has 1 aromatic carbocycles. The second-order valence-corrected chi connectivity index (χ2v) is 4.28. The molecule has 0 aromatic heterocycles. The van der Waals surface area contributed by atoms with E-state index in [0.717, 1.165) is 11.1 Å². The van der Waals surface area contributed by atoms with E-state index in [-0.39, 0.29) is 13.2 Å². The summed E-state index contributed by atoms with van der Waals surface area (Å²) in [6.45, 7) is 3.45. The van der Waals surface area contributed by atoms with Crippen molar-refractivity contribution in [2.24, 2.45) is 5.73 Å². The maximum atomic E-state index is 11.4. The highest BCUT2D eigenvalue weighted by Gasteiger charge is 2.12. The van der Waals surface area contributed by atoms with Crippen LogP contribution in [0.25, 0.3) is 0 Å². The van der Waals surface area contributed by atoms with Crippen molar-refractivity contribution >= 4 is 11.8 Å². The van der Waals surface area contributed by atoms with Crippen molar-refractivity contribution < 1.29 is 19.4 Å². The summed E-state index contributed by atoms with van der Waals surface area (Å²) in [7, 11) is 0. The normalized spacial score (nSPS) is 11.7. The van der Waals surface area contributed by atoms with Gasteiger partial charge in [-0.05, 0) is 25.5 Å². The summed E-state index contributed by atoms with van der Waals surface area (Å²) in [6, 6.07) is 5.62. The zero-order valence-electron chi connectivity index (χ0n) is 11.0. The molecule has 0 fully saturated rings. The zero-order chi connectivity index (χ0) is 14.4. The number of nitrogens with two attached hydrogens (primary N) is 1. The summed E-state index contributed by atoms with van der Waals surface area (Å²) < 4.78 is 5.34. The Hall–Kier alpha value is -2.08. The van der Waals surface area contributed by atoms with Gasteiger partial charge in [-0.3, -0.25) is 9.59 Å². The van der Waals surface area contributed by atoms with Crippen molar-refractivity contribution in [3.8, 4) is 5.75 Å². The number of hydrogen-bond acceptors (Lipinski definition) is 4. The number of aryl methyl sites for hydroxylation is 2. The quantitative estimate of drug-likeness (QED) is 0.654. The van der Waals surface area contributed by atoms with Gasteiger partial charge in [0.2, 0.25) is 5.91 Å². The molecule has 2 amide bonds. The molecule has 0 bridgehead atoms. The van der Waals surface area contributed by atoms with Crippen molar-refractivity contribution in [3.05, 3.63) is 29.3 Å². The average molecular weight is 266 g/mol. The van der Waals surface area contributed by atoms with Gasteiger partial charge >= 0.3 is 0 Å². The van der Waals surface area contributed by atoms with Crippen LogP contribution < -0.4 is 15.8 Å². The Morgan fingerprint density at radius 3 is 2.68 bits per heavy atom. The highest BCUT2D eigenvalue weighted by atomic mass is 16.5. The largest absolute Gasteiger partial charge is 0.484 e. The van der Waals surface area contributed by atoms with Crippen LogP contribution in [0.1, 0.15) is 11.1 Å². The van der Waals surface area contributed by atoms with Crippen LogP contribution in [0.2, 0.25) is 0 Å². The summed E-state index contributed by atoms with van der Waals surface area (Å²) in [6.07, 6.45) is -1.38. The number of amides is 2. The molecule has 1 unspecified atom stereocenters. The minimum absolute atomic E-state index is 0.185. The van der Waals surface area contributed by atoms with E-state index in [1.165, 1.54) is 0 Å². The summed E-state index contributed by atoms with van der Waals surface area (Å²) >= 11 is 0. The molecule has 0 aliphatic carbocycles. The lowest BCUT2D eigenvalue weighted by molar-refractivity contribution is -0.127. The first-order valence-corrected chi connectivity index (χ1v) is 5.84. The molecule has 6 heteroatoms. The van der Waals surface area contributed by atoms with E-state index < -0.39 is 17.9 Å². The third-order valence-electron chi connectivity index (χ3n) is 2.51. The van der Waals surface area contributed by atoms with Gasteiger partial charge in [0.25, 0.3) is 5.91 Å². The fraction of sp³-hybridized carbons (Fsp3) is 0.385. The number of rotatable bonds is 6. The second kappa shape index (κ2) is 6.75. The molecule has 19 heavy (non-hydrogen) atoms. The van der Waals surface area contributed by atoms with E-state index in [1.54, 1.807) is 6.07 Å². The zero-order valence-corrected chi connectivity index (χ0v) is 11.0. The Morgan fingerprint density at radius 2 is 2.11 bits per heavy atom. The van der Waals surface area contributed by atoms with E-state index >= 15 is 0 Å². The molecule has 0 radical (unpaired) electrons. The molecule has 0 saturated heterocycles. The van der Waals surface area contributed by atoms with E-state index in [9.17, 15) is 9.59 Å². The monoisotopic (exact) mass is 266 g/mol. The Kier molecular flexibility index (Phi) is 5.32.